The van der Waals surface area contributed by atoms with Gasteiger partial charge < -0.3 is 0 Å². The van der Waals surface area contributed by atoms with Gasteiger partial charge in [-0.2, -0.15) is 0 Å². The Morgan fingerprint density at radius 2 is 2.20 bits per heavy atom. The predicted octanol–water partition coefficient (Wildman–Crippen LogP) is 3.00. The van der Waals surface area contributed by atoms with Crippen molar-refractivity contribution in [2.75, 3.05) is 0 Å². The molecular weight excluding hydrogens is 120 g/mol. The highest BCUT2D eigenvalue weighted by Crippen LogP contribution is 2.05. The van der Waals surface area contributed by atoms with Gasteiger partial charge >= 0.3 is 0 Å². The summed E-state index contributed by atoms with van der Waals surface area (Å²) < 4.78 is 0. The number of hydrogen-bond acceptors (Lipinski definition) is 0. The molecular formula is C10H16. The summed E-state index contributed by atoms with van der Waals surface area (Å²) in [5, 5.41) is 0. The second kappa shape index (κ2) is 5.11. The zero-order valence-electron chi connectivity index (χ0n) is 7.36. The maximum atomic E-state index is 3.02. The van der Waals surface area contributed by atoms with Crippen LogP contribution >= 0.6 is 0 Å². The molecule has 0 aliphatic heterocycles. The molecule has 0 aromatic carbocycles. The van der Waals surface area contributed by atoms with Crippen LogP contribution in [0.15, 0.2) is 11.6 Å². The molecule has 0 saturated carbocycles. The van der Waals surface area contributed by atoms with Gasteiger partial charge in [0, 0.05) is 0 Å². The van der Waals surface area contributed by atoms with Crippen LogP contribution in [0.2, 0.25) is 0 Å². The number of allylic oxidation sites excluding steroid dienone is 2. The van der Waals surface area contributed by atoms with Gasteiger partial charge in [0.2, 0.25) is 0 Å². The fourth-order valence-corrected chi connectivity index (χ4v) is 0.783. The van der Waals surface area contributed by atoms with Gasteiger partial charge in [-0.25, -0.2) is 0 Å². The van der Waals surface area contributed by atoms with Crippen LogP contribution < -0.4 is 0 Å². The quantitative estimate of drug-likeness (QED) is 0.512. The Morgan fingerprint density at radius 1 is 1.60 bits per heavy atom. The van der Waals surface area contributed by atoms with E-state index in [9.17, 15) is 0 Å². The van der Waals surface area contributed by atoms with Crippen LogP contribution in [0.4, 0.5) is 0 Å². The molecule has 0 aromatic rings. The summed E-state index contributed by atoms with van der Waals surface area (Å²) in [5.41, 5.74) is 1.19. The molecule has 10 heavy (non-hydrogen) atoms. The summed E-state index contributed by atoms with van der Waals surface area (Å²) in [6.07, 6.45) is 3.42. The highest BCUT2D eigenvalue weighted by atomic mass is 14.0. The lowest BCUT2D eigenvalue weighted by molar-refractivity contribution is 0.695. The second-order valence-corrected chi connectivity index (χ2v) is 2.61. The summed E-state index contributed by atoms with van der Waals surface area (Å²) in [4.78, 5) is 0. The Balaban J connectivity index is 3.97. The van der Waals surface area contributed by atoms with E-state index in [1.165, 1.54) is 12.0 Å². The van der Waals surface area contributed by atoms with E-state index < -0.39 is 0 Å². The molecule has 0 heteroatoms. The van der Waals surface area contributed by atoms with Crippen LogP contribution in [-0.2, 0) is 0 Å². The average molecular weight is 136 g/mol. The Bertz CT molecular complexity index is 164. The first-order valence-corrected chi connectivity index (χ1v) is 3.81. The maximum Gasteiger partial charge on any atom is -0.00234 e. The molecule has 0 saturated heterocycles. The van der Waals surface area contributed by atoms with Crippen molar-refractivity contribution in [3.8, 4) is 11.8 Å². The van der Waals surface area contributed by atoms with Gasteiger partial charge in [0.1, 0.15) is 0 Å². The van der Waals surface area contributed by atoms with E-state index >= 15 is 0 Å². The second-order valence-electron chi connectivity index (χ2n) is 2.61. The van der Waals surface area contributed by atoms with E-state index in [-0.39, 0.29) is 0 Å². The van der Waals surface area contributed by atoms with Crippen molar-refractivity contribution in [1.29, 1.82) is 0 Å². The smallest absolute Gasteiger partial charge is 0.00234 e. The fourth-order valence-electron chi connectivity index (χ4n) is 0.783. The molecule has 0 rings (SSSR count). The monoisotopic (exact) mass is 136 g/mol. The molecule has 0 heterocycles. The van der Waals surface area contributed by atoms with Crippen LogP contribution in [0.1, 0.15) is 34.1 Å². The normalized spacial score (nSPS) is 13.8. The lowest BCUT2D eigenvalue weighted by atomic mass is 10.1. The number of hydrogen-bond donors (Lipinski definition) is 0. The largest absolute Gasteiger partial charge is 0.102 e. The third-order valence-electron chi connectivity index (χ3n) is 1.50. The minimum atomic E-state index is 0.667. The zero-order valence-corrected chi connectivity index (χ0v) is 7.36. The first kappa shape index (κ1) is 9.30. The van der Waals surface area contributed by atoms with E-state index in [0.29, 0.717) is 5.92 Å². The van der Waals surface area contributed by atoms with E-state index in [1.807, 2.05) is 6.92 Å². The van der Waals surface area contributed by atoms with Gasteiger partial charge in [-0.15, -0.1) is 5.92 Å². The SMILES string of the molecule is CC#C/C(C)=C\C(C)CC. The Hall–Kier alpha value is -0.700. The van der Waals surface area contributed by atoms with Gasteiger partial charge in [-0.1, -0.05) is 32.3 Å². The lowest BCUT2D eigenvalue weighted by Crippen LogP contribution is -1.85. The van der Waals surface area contributed by atoms with E-state index in [1.54, 1.807) is 0 Å². The molecule has 1 atom stereocenters. The minimum Gasteiger partial charge on any atom is -0.102 e. The molecule has 0 aliphatic rings. The summed E-state index contributed by atoms with van der Waals surface area (Å²) in [6, 6.07) is 0. The van der Waals surface area contributed by atoms with Crippen molar-refractivity contribution in [2.45, 2.75) is 34.1 Å². The highest BCUT2D eigenvalue weighted by molar-refractivity contribution is 5.25. The van der Waals surface area contributed by atoms with Crippen molar-refractivity contribution in [1.82, 2.24) is 0 Å². The molecule has 0 fully saturated rings. The molecule has 0 aromatic heterocycles. The summed E-state index contributed by atoms with van der Waals surface area (Å²) in [7, 11) is 0. The minimum absolute atomic E-state index is 0.667. The molecule has 1 unspecified atom stereocenters. The molecule has 0 radical (unpaired) electrons. The highest BCUT2D eigenvalue weighted by Gasteiger charge is 1.91. The lowest BCUT2D eigenvalue weighted by Gasteiger charge is -1.99. The van der Waals surface area contributed by atoms with E-state index in [2.05, 4.69) is 38.7 Å². The van der Waals surface area contributed by atoms with Crippen molar-refractivity contribution < 1.29 is 0 Å². The third-order valence-corrected chi connectivity index (χ3v) is 1.50. The molecule has 0 aliphatic carbocycles. The van der Waals surface area contributed by atoms with Gasteiger partial charge in [-0.05, 0) is 25.3 Å². The van der Waals surface area contributed by atoms with Gasteiger partial charge in [0.15, 0.2) is 0 Å². The van der Waals surface area contributed by atoms with Crippen molar-refractivity contribution >= 4 is 0 Å². The summed E-state index contributed by atoms with van der Waals surface area (Å²) in [6.45, 7) is 8.32. The summed E-state index contributed by atoms with van der Waals surface area (Å²) >= 11 is 0. The third kappa shape index (κ3) is 4.21. The zero-order chi connectivity index (χ0) is 7.98. The predicted molar refractivity (Wildman–Crippen MR) is 46.7 cm³/mol. The van der Waals surface area contributed by atoms with Crippen molar-refractivity contribution in [3.63, 3.8) is 0 Å². The summed E-state index contributed by atoms with van der Waals surface area (Å²) in [5.74, 6) is 6.57. The Labute approximate surface area is 64.3 Å². The molecule has 0 nitrogen and oxygen atoms in total. The first-order chi connectivity index (χ1) is 4.70. The van der Waals surface area contributed by atoms with Crippen molar-refractivity contribution in [2.24, 2.45) is 5.92 Å². The standard InChI is InChI=1S/C10H16/c1-5-7-10(4)8-9(3)6-2/h8-9H,6H2,1-4H3/b10-8-. The molecule has 0 spiro atoms. The first-order valence-electron chi connectivity index (χ1n) is 3.81. The molecule has 0 bridgehead atoms. The van der Waals surface area contributed by atoms with Gasteiger partial charge in [-0.3, -0.25) is 0 Å². The van der Waals surface area contributed by atoms with Crippen LogP contribution in [0.5, 0.6) is 0 Å². The number of rotatable bonds is 2. The molecule has 0 amide bonds. The van der Waals surface area contributed by atoms with E-state index in [0.717, 1.165) is 0 Å². The fraction of sp³-hybridized carbons (Fsp3) is 0.600. The average Bonchev–Trinajstić information content (AvgIpc) is 1.88. The van der Waals surface area contributed by atoms with Gasteiger partial charge in [0.25, 0.3) is 0 Å². The van der Waals surface area contributed by atoms with Crippen LogP contribution in [0, 0.1) is 17.8 Å². The van der Waals surface area contributed by atoms with Crippen LogP contribution in [0.25, 0.3) is 0 Å². The topological polar surface area (TPSA) is 0 Å². The maximum absolute atomic E-state index is 3.02. The Kier molecular flexibility index (Phi) is 4.76. The van der Waals surface area contributed by atoms with Crippen LogP contribution in [-0.4, -0.2) is 0 Å². The van der Waals surface area contributed by atoms with E-state index in [4.69, 9.17) is 0 Å². The van der Waals surface area contributed by atoms with Gasteiger partial charge in [0.05, 0.1) is 0 Å². The van der Waals surface area contributed by atoms with Crippen LogP contribution in [0.3, 0.4) is 0 Å². The Morgan fingerprint density at radius 3 is 2.60 bits per heavy atom. The van der Waals surface area contributed by atoms with Crippen molar-refractivity contribution in [3.05, 3.63) is 11.6 Å². The molecule has 0 N–H and O–H groups in total. The molecule has 56 valence electrons.